The van der Waals surface area contributed by atoms with Gasteiger partial charge in [0.2, 0.25) is 0 Å². The normalized spacial score (nSPS) is 11.2. The van der Waals surface area contributed by atoms with Gasteiger partial charge in [-0.15, -0.1) is 0 Å². The SMILES string of the molecule is C/C=C/CCNC(=O)c1sc(NCC(C)C)nc1N. The summed E-state index contributed by atoms with van der Waals surface area (Å²) in [4.78, 5) is 16.5. The molecule has 1 rings (SSSR count). The van der Waals surface area contributed by atoms with Crippen molar-refractivity contribution < 1.29 is 4.79 Å². The quantitative estimate of drug-likeness (QED) is 0.530. The van der Waals surface area contributed by atoms with E-state index >= 15 is 0 Å². The van der Waals surface area contributed by atoms with Crippen LogP contribution in [0.1, 0.15) is 36.9 Å². The summed E-state index contributed by atoms with van der Waals surface area (Å²) in [5.41, 5.74) is 5.76. The number of thiazole rings is 1. The summed E-state index contributed by atoms with van der Waals surface area (Å²) in [6.07, 6.45) is 4.78. The molecule has 0 spiro atoms. The number of nitrogens with two attached hydrogens (primary N) is 1. The summed E-state index contributed by atoms with van der Waals surface area (Å²) in [6.45, 7) is 7.60. The molecule has 1 aromatic heterocycles. The molecule has 0 atom stereocenters. The van der Waals surface area contributed by atoms with E-state index in [0.717, 1.165) is 13.0 Å². The van der Waals surface area contributed by atoms with Crippen LogP contribution >= 0.6 is 11.3 Å². The van der Waals surface area contributed by atoms with Gasteiger partial charge < -0.3 is 16.4 Å². The summed E-state index contributed by atoms with van der Waals surface area (Å²) in [6, 6.07) is 0. The fourth-order valence-electron chi connectivity index (χ4n) is 1.38. The van der Waals surface area contributed by atoms with Crippen molar-refractivity contribution in [2.75, 3.05) is 24.1 Å². The van der Waals surface area contributed by atoms with Gasteiger partial charge >= 0.3 is 0 Å². The summed E-state index contributed by atoms with van der Waals surface area (Å²) >= 11 is 1.30. The summed E-state index contributed by atoms with van der Waals surface area (Å²) in [5.74, 6) is 0.653. The number of hydrogen-bond acceptors (Lipinski definition) is 5. The predicted molar refractivity (Wildman–Crippen MR) is 81.6 cm³/mol. The Kier molecular flexibility index (Phi) is 6.35. The van der Waals surface area contributed by atoms with Gasteiger partial charge in [0, 0.05) is 13.1 Å². The molecule has 1 amide bonds. The molecule has 4 N–H and O–H groups in total. The number of nitrogens with zero attached hydrogens (tertiary/aromatic N) is 1. The number of anilines is 2. The molecule has 6 heteroatoms. The average molecular weight is 282 g/mol. The van der Waals surface area contributed by atoms with Crippen LogP contribution in [-0.4, -0.2) is 24.0 Å². The molecule has 0 radical (unpaired) electrons. The smallest absolute Gasteiger partial charge is 0.265 e. The van der Waals surface area contributed by atoms with Crippen LogP contribution in [0.5, 0.6) is 0 Å². The van der Waals surface area contributed by atoms with Crippen molar-refractivity contribution in [3.05, 3.63) is 17.0 Å². The third-order valence-electron chi connectivity index (χ3n) is 2.35. The second-order valence-corrected chi connectivity index (χ2v) is 5.62. The Bertz CT molecular complexity index is 440. The molecule has 5 nitrogen and oxygen atoms in total. The maximum Gasteiger partial charge on any atom is 0.265 e. The molecule has 1 aromatic rings. The molecule has 0 aliphatic heterocycles. The first-order chi connectivity index (χ1) is 9.04. The molecule has 106 valence electrons. The summed E-state index contributed by atoms with van der Waals surface area (Å²) in [5, 5.41) is 6.70. The standard InChI is InChI=1S/C13H22N4OS/c1-4-5-6-7-15-12(18)10-11(14)17-13(19-10)16-8-9(2)3/h4-5,9H,6-8,14H2,1-3H3,(H,15,18)(H,16,17)/b5-4+. The summed E-state index contributed by atoms with van der Waals surface area (Å²) in [7, 11) is 0. The van der Waals surface area contributed by atoms with Gasteiger partial charge in [0.05, 0.1) is 0 Å². The number of amides is 1. The molecule has 0 saturated carbocycles. The highest BCUT2D eigenvalue weighted by Gasteiger charge is 2.15. The van der Waals surface area contributed by atoms with Crippen LogP contribution in [0.25, 0.3) is 0 Å². The van der Waals surface area contributed by atoms with Crippen molar-refractivity contribution in [3.63, 3.8) is 0 Å². The zero-order chi connectivity index (χ0) is 14.3. The van der Waals surface area contributed by atoms with E-state index in [2.05, 4.69) is 29.5 Å². The van der Waals surface area contributed by atoms with Gasteiger partial charge in [0.15, 0.2) is 5.13 Å². The van der Waals surface area contributed by atoms with Crippen molar-refractivity contribution in [2.45, 2.75) is 27.2 Å². The fourth-order valence-corrected chi connectivity index (χ4v) is 2.19. The first-order valence-corrected chi connectivity index (χ1v) is 7.25. The Morgan fingerprint density at radius 1 is 1.53 bits per heavy atom. The number of carbonyl (C=O) groups excluding carboxylic acids is 1. The fraction of sp³-hybridized carbons (Fsp3) is 0.538. The summed E-state index contributed by atoms with van der Waals surface area (Å²) < 4.78 is 0. The van der Waals surface area contributed by atoms with Gasteiger partial charge in [0.1, 0.15) is 10.7 Å². The highest BCUT2D eigenvalue weighted by molar-refractivity contribution is 7.18. The lowest BCUT2D eigenvalue weighted by atomic mass is 10.2. The number of rotatable bonds is 7. The van der Waals surface area contributed by atoms with Crippen LogP contribution in [0, 0.1) is 5.92 Å². The van der Waals surface area contributed by atoms with Crippen molar-refractivity contribution in [1.82, 2.24) is 10.3 Å². The first kappa shape index (κ1) is 15.5. The third-order valence-corrected chi connectivity index (χ3v) is 3.38. The van der Waals surface area contributed by atoms with E-state index in [-0.39, 0.29) is 5.91 Å². The van der Waals surface area contributed by atoms with Gasteiger partial charge in [-0.2, -0.15) is 0 Å². The Morgan fingerprint density at radius 3 is 2.89 bits per heavy atom. The zero-order valence-corrected chi connectivity index (χ0v) is 12.5. The zero-order valence-electron chi connectivity index (χ0n) is 11.7. The average Bonchev–Trinajstić information content (AvgIpc) is 2.73. The van der Waals surface area contributed by atoms with Crippen LogP contribution in [0.15, 0.2) is 12.2 Å². The molecule has 0 aromatic carbocycles. The highest BCUT2D eigenvalue weighted by atomic mass is 32.1. The van der Waals surface area contributed by atoms with Gasteiger partial charge in [-0.05, 0) is 19.3 Å². The molecule has 0 aliphatic carbocycles. The van der Waals surface area contributed by atoms with Crippen molar-refractivity contribution in [2.24, 2.45) is 5.92 Å². The lowest BCUT2D eigenvalue weighted by Gasteiger charge is -2.04. The molecule has 19 heavy (non-hydrogen) atoms. The highest BCUT2D eigenvalue weighted by Crippen LogP contribution is 2.24. The van der Waals surface area contributed by atoms with Crippen LogP contribution in [0.3, 0.4) is 0 Å². The van der Waals surface area contributed by atoms with Crippen molar-refractivity contribution >= 4 is 28.2 Å². The molecule has 0 aliphatic rings. The minimum Gasteiger partial charge on any atom is -0.382 e. The minimum atomic E-state index is -0.155. The minimum absolute atomic E-state index is 0.155. The second-order valence-electron chi connectivity index (χ2n) is 4.62. The van der Waals surface area contributed by atoms with E-state index < -0.39 is 0 Å². The van der Waals surface area contributed by atoms with E-state index in [1.807, 2.05) is 19.1 Å². The maximum absolute atomic E-state index is 11.9. The monoisotopic (exact) mass is 282 g/mol. The van der Waals surface area contributed by atoms with Gasteiger partial charge in [0.25, 0.3) is 5.91 Å². The largest absolute Gasteiger partial charge is 0.382 e. The van der Waals surface area contributed by atoms with E-state index in [1.165, 1.54) is 11.3 Å². The van der Waals surface area contributed by atoms with Crippen LogP contribution < -0.4 is 16.4 Å². The number of hydrogen-bond donors (Lipinski definition) is 3. The molecule has 0 saturated heterocycles. The topological polar surface area (TPSA) is 80.0 Å². The van der Waals surface area contributed by atoms with Crippen molar-refractivity contribution in [3.8, 4) is 0 Å². The third kappa shape index (κ3) is 5.30. The molecule has 0 fully saturated rings. The Labute approximate surface area is 118 Å². The van der Waals surface area contributed by atoms with Gasteiger partial charge in [-0.1, -0.05) is 37.3 Å². The first-order valence-electron chi connectivity index (χ1n) is 6.44. The van der Waals surface area contributed by atoms with Crippen LogP contribution in [0.4, 0.5) is 10.9 Å². The Hall–Kier alpha value is -1.56. The molecular weight excluding hydrogens is 260 g/mol. The lowest BCUT2D eigenvalue weighted by molar-refractivity contribution is 0.0959. The maximum atomic E-state index is 11.9. The van der Waals surface area contributed by atoms with E-state index in [9.17, 15) is 4.79 Å². The number of carbonyl (C=O) groups is 1. The Morgan fingerprint density at radius 2 is 2.26 bits per heavy atom. The number of nitrogens with one attached hydrogen (secondary N) is 2. The molecular formula is C13H22N4OS. The van der Waals surface area contributed by atoms with Crippen molar-refractivity contribution in [1.29, 1.82) is 0 Å². The predicted octanol–water partition coefficient (Wildman–Crippen LogP) is 2.49. The van der Waals surface area contributed by atoms with Crippen LogP contribution in [-0.2, 0) is 0 Å². The second kappa shape index (κ2) is 7.78. The molecule has 1 heterocycles. The van der Waals surface area contributed by atoms with Gasteiger partial charge in [-0.3, -0.25) is 4.79 Å². The molecule has 0 unspecified atom stereocenters. The number of allylic oxidation sites excluding steroid dienone is 1. The van der Waals surface area contributed by atoms with Crippen LogP contribution in [0.2, 0.25) is 0 Å². The number of nitrogen functional groups attached to an aromatic ring is 1. The van der Waals surface area contributed by atoms with E-state index in [0.29, 0.717) is 28.3 Å². The Balaban J connectivity index is 2.54. The van der Waals surface area contributed by atoms with E-state index in [1.54, 1.807) is 0 Å². The van der Waals surface area contributed by atoms with E-state index in [4.69, 9.17) is 5.73 Å². The van der Waals surface area contributed by atoms with Gasteiger partial charge in [-0.25, -0.2) is 4.98 Å². The number of aromatic nitrogens is 1. The lowest BCUT2D eigenvalue weighted by Crippen LogP contribution is -2.24. The molecule has 0 bridgehead atoms.